The van der Waals surface area contributed by atoms with Crippen LogP contribution in [0.5, 0.6) is 17.2 Å². The fourth-order valence-electron chi connectivity index (χ4n) is 2.93. The molecule has 0 aliphatic rings. The molecule has 3 aromatic carbocycles. The van der Waals surface area contributed by atoms with Crippen molar-refractivity contribution >= 4 is 55.6 Å². The van der Waals surface area contributed by atoms with Gasteiger partial charge in [0.1, 0.15) is 17.7 Å². The first kappa shape index (κ1) is 24.3. The number of amides is 2. The molecule has 1 atom stereocenters. The third kappa shape index (κ3) is 6.33. The summed E-state index contributed by atoms with van der Waals surface area (Å²) in [7, 11) is 0. The van der Waals surface area contributed by atoms with E-state index in [1.54, 1.807) is 12.1 Å². The summed E-state index contributed by atoms with van der Waals surface area (Å²) in [5.41, 5.74) is 1.42. The normalized spacial score (nSPS) is 11.7. The van der Waals surface area contributed by atoms with Crippen LogP contribution in [-0.4, -0.2) is 28.3 Å². The predicted molar refractivity (Wildman–Crippen MR) is 131 cm³/mol. The van der Waals surface area contributed by atoms with Gasteiger partial charge in [0.2, 0.25) is 0 Å². The van der Waals surface area contributed by atoms with Crippen LogP contribution in [0.4, 0.5) is 5.69 Å². The lowest BCUT2D eigenvalue weighted by atomic mass is 10.1. The topological polar surface area (TPSA) is 120 Å². The number of phenols is 1. The van der Waals surface area contributed by atoms with Gasteiger partial charge >= 0.3 is 0 Å². The van der Waals surface area contributed by atoms with Crippen molar-refractivity contribution in [3.05, 3.63) is 80.7 Å². The first-order valence-electron chi connectivity index (χ1n) is 9.62. The van der Waals surface area contributed by atoms with Crippen LogP contribution in [0.25, 0.3) is 0 Å². The van der Waals surface area contributed by atoms with Crippen LogP contribution in [0.1, 0.15) is 28.9 Å². The fourth-order valence-corrected chi connectivity index (χ4v) is 4.28. The maximum absolute atomic E-state index is 12.8. The Kier molecular flexibility index (Phi) is 8.07. The van der Waals surface area contributed by atoms with E-state index in [0.717, 1.165) is 11.8 Å². The Morgan fingerprint density at radius 2 is 1.73 bits per heavy atom. The van der Waals surface area contributed by atoms with E-state index in [-0.39, 0.29) is 17.4 Å². The standard InChI is InChI=1S/C23H19Br2N3O5/c1-13(14-5-3-2-4-6-14)27-23(31)17-11-16(7-8-20(17)29)33-22-18(24)9-15(10-19(22)25)28-21(30)12-26-32/h2-13,29,32H,1H3,(H,27,31)(H,28,30)/b26-12+. The molecule has 4 N–H and O–H groups in total. The second-order valence-corrected chi connectivity index (χ2v) is 8.60. The van der Waals surface area contributed by atoms with Crippen LogP contribution in [0.3, 0.4) is 0 Å². The fraction of sp³-hybridized carbons (Fsp3) is 0.0870. The lowest BCUT2D eigenvalue weighted by Gasteiger charge is -2.16. The molecule has 3 rings (SSSR count). The Morgan fingerprint density at radius 1 is 1.06 bits per heavy atom. The smallest absolute Gasteiger partial charge is 0.270 e. The molecule has 0 saturated carbocycles. The molecule has 0 radical (unpaired) electrons. The van der Waals surface area contributed by atoms with Gasteiger partial charge in [0.25, 0.3) is 11.8 Å². The maximum Gasteiger partial charge on any atom is 0.270 e. The quantitative estimate of drug-likeness (QED) is 0.166. The van der Waals surface area contributed by atoms with Gasteiger partial charge in [0, 0.05) is 5.69 Å². The predicted octanol–water partition coefficient (Wildman–Crippen LogP) is 5.60. The van der Waals surface area contributed by atoms with E-state index < -0.39 is 11.8 Å². The molecule has 0 heterocycles. The van der Waals surface area contributed by atoms with Gasteiger partial charge in [0.15, 0.2) is 5.75 Å². The molecule has 2 amide bonds. The number of hydrogen-bond donors (Lipinski definition) is 4. The number of halogens is 2. The number of ether oxygens (including phenoxy) is 1. The SMILES string of the molecule is CC(NC(=O)c1cc(Oc2c(Br)cc(NC(=O)/C=N/O)cc2Br)ccc1O)c1ccccc1. The van der Waals surface area contributed by atoms with Crippen LogP contribution in [0.2, 0.25) is 0 Å². The summed E-state index contributed by atoms with van der Waals surface area (Å²) in [6.45, 7) is 1.85. The number of carbonyl (C=O) groups is 2. The van der Waals surface area contributed by atoms with Gasteiger partial charge in [0.05, 0.1) is 20.6 Å². The third-order valence-electron chi connectivity index (χ3n) is 4.52. The number of nitrogens with zero attached hydrogens (tertiary/aromatic N) is 1. The first-order chi connectivity index (χ1) is 15.8. The van der Waals surface area contributed by atoms with Crippen LogP contribution >= 0.6 is 31.9 Å². The minimum Gasteiger partial charge on any atom is -0.507 e. The Morgan fingerprint density at radius 3 is 2.36 bits per heavy atom. The minimum atomic E-state index is -0.608. The summed E-state index contributed by atoms with van der Waals surface area (Å²) in [5, 5.41) is 26.7. The average molecular weight is 577 g/mol. The molecule has 3 aromatic rings. The van der Waals surface area contributed by atoms with Crippen molar-refractivity contribution in [2.75, 3.05) is 5.32 Å². The van der Waals surface area contributed by atoms with E-state index in [2.05, 4.69) is 47.6 Å². The van der Waals surface area contributed by atoms with Crippen molar-refractivity contribution in [3.63, 3.8) is 0 Å². The molecule has 0 aliphatic heterocycles. The van der Waals surface area contributed by atoms with E-state index in [1.165, 1.54) is 18.2 Å². The number of hydrogen-bond acceptors (Lipinski definition) is 6. The molecule has 8 nitrogen and oxygen atoms in total. The molecule has 0 saturated heterocycles. The highest BCUT2D eigenvalue weighted by Crippen LogP contribution is 2.40. The zero-order valence-electron chi connectivity index (χ0n) is 17.3. The molecule has 0 bridgehead atoms. The highest BCUT2D eigenvalue weighted by Gasteiger charge is 2.17. The van der Waals surface area contributed by atoms with E-state index in [4.69, 9.17) is 9.94 Å². The molecule has 170 valence electrons. The number of aromatic hydroxyl groups is 1. The molecule has 0 aliphatic carbocycles. The number of anilines is 1. The van der Waals surface area contributed by atoms with E-state index in [9.17, 15) is 14.7 Å². The van der Waals surface area contributed by atoms with Gasteiger partial charge in [-0.2, -0.15) is 0 Å². The zero-order chi connectivity index (χ0) is 24.0. The van der Waals surface area contributed by atoms with Gasteiger partial charge in [-0.05, 0) is 74.7 Å². The Hall–Kier alpha value is -3.37. The molecule has 10 heteroatoms. The molecular weight excluding hydrogens is 558 g/mol. The largest absolute Gasteiger partial charge is 0.507 e. The number of nitrogens with one attached hydrogen (secondary N) is 2. The van der Waals surface area contributed by atoms with Crippen LogP contribution in [-0.2, 0) is 4.79 Å². The Bertz CT molecular complexity index is 1180. The minimum absolute atomic E-state index is 0.0645. The summed E-state index contributed by atoms with van der Waals surface area (Å²) < 4.78 is 6.93. The van der Waals surface area contributed by atoms with Crippen LogP contribution < -0.4 is 15.4 Å². The van der Waals surface area contributed by atoms with Crippen molar-refractivity contribution in [3.8, 4) is 17.2 Å². The summed E-state index contributed by atoms with van der Waals surface area (Å²) in [6.07, 6.45) is 0.730. The molecule has 0 fully saturated rings. The number of oxime groups is 1. The van der Waals surface area contributed by atoms with Gasteiger partial charge in [-0.3, -0.25) is 9.59 Å². The monoisotopic (exact) mass is 575 g/mol. The molecule has 0 aromatic heterocycles. The number of carbonyl (C=O) groups excluding carboxylic acids is 2. The molecule has 33 heavy (non-hydrogen) atoms. The number of benzene rings is 3. The van der Waals surface area contributed by atoms with E-state index in [0.29, 0.717) is 26.1 Å². The van der Waals surface area contributed by atoms with Gasteiger partial charge < -0.3 is 25.7 Å². The maximum atomic E-state index is 12.8. The van der Waals surface area contributed by atoms with Gasteiger partial charge in [-0.1, -0.05) is 35.5 Å². The lowest BCUT2D eigenvalue weighted by Crippen LogP contribution is -2.26. The molecule has 1 unspecified atom stereocenters. The van der Waals surface area contributed by atoms with Crippen molar-refractivity contribution in [1.82, 2.24) is 5.32 Å². The third-order valence-corrected chi connectivity index (χ3v) is 5.70. The summed E-state index contributed by atoms with van der Waals surface area (Å²) in [5.74, 6) is -0.531. The van der Waals surface area contributed by atoms with E-state index >= 15 is 0 Å². The van der Waals surface area contributed by atoms with Crippen molar-refractivity contribution in [1.29, 1.82) is 0 Å². The van der Waals surface area contributed by atoms with Crippen molar-refractivity contribution in [2.24, 2.45) is 5.16 Å². The number of phenolic OH excluding ortho intramolecular Hbond substituents is 1. The summed E-state index contributed by atoms with van der Waals surface area (Å²) in [6, 6.07) is 16.7. The van der Waals surface area contributed by atoms with Gasteiger partial charge in [-0.25, -0.2) is 0 Å². The Balaban J connectivity index is 1.79. The van der Waals surface area contributed by atoms with Crippen LogP contribution in [0, 0.1) is 0 Å². The summed E-state index contributed by atoms with van der Waals surface area (Å²) in [4.78, 5) is 24.3. The van der Waals surface area contributed by atoms with Crippen LogP contribution in [0.15, 0.2) is 74.8 Å². The average Bonchev–Trinajstić information content (AvgIpc) is 2.78. The zero-order valence-corrected chi connectivity index (χ0v) is 20.4. The van der Waals surface area contributed by atoms with E-state index in [1.807, 2.05) is 37.3 Å². The van der Waals surface area contributed by atoms with Gasteiger partial charge in [-0.15, -0.1) is 0 Å². The highest BCUT2D eigenvalue weighted by molar-refractivity contribution is 9.11. The van der Waals surface area contributed by atoms with Crippen molar-refractivity contribution in [2.45, 2.75) is 13.0 Å². The second-order valence-electron chi connectivity index (χ2n) is 6.89. The lowest BCUT2D eigenvalue weighted by molar-refractivity contribution is -0.110. The van der Waals surface area contributed by atoms with Crippen molar-refractivity contribution < 1.29 is 24.6 Å². The molecule has 0 spiro atoms. The molecular formula is C23H19Br2N3O5. The first-order valence-corrected chi connectivity index (χ1v) is 11.2. The highest BCUT2D eigenvalue weighted by atomic mass is 79.9. The summed E-state index contributed by atoms with van der Waals surface area (Å²) >= 11 is 6.77. The number of rotatable bonds is 7. The second kappa shape index (κ2) is 11.0. The Labute approximate surface area is 206 Å².